The summed E-state index contributed by atoms with van der Waals surface area (Å²) in [6.45, 7) is 15.1. The molecule has 28 heavy (non-hydrogen) atoms. The van der Waals surface area contributed by atoms with Crippen molar-refractivity contribution < 1.29 is 9.53 Å². The molecule has 158 valence electrons. The van der Waals surface area contributed by atoms with Crippen LogP contribution in [0.15, 0.2) is 24.3 Å². The van der Waals surface area contributed by atoms with E-state index in [9.17, 15) is 4.79 Å². The lowest BCUT2D eigenvalue weighted by molar-refractivity contribution is -0.130. The van der Waals surface area contributed by atoms with Crippen LogP contribution in [0, 0.1) is 17.3 Å². The molecule has 1 amide bonds. The number of nitrogens with one attached hydrogen (secondary N) is 1. The minimum absolute atomic E-state index is 0.136. The van der Waals surface area contributed by atoms with E-state index in [1.165, 1.54) is 24.8 Å². The van der Waals surface area contributed by atoms with E-state index in [4.69, 9.17) is 4.74 Å². The summed E-state index contributed by atoms with van der Waals surface area (Å²) in [6, 6.07) is 8.41. The van der Waals surface area contributed by atoms with Gasteiger partial charge in [-0.1, -0.05) is 66.0 Å². The molecule has 1 aromatic carbocycles. The van der Waals surface area contributed by atoms with Crippen molar-refractivity contribution in [1.29, 1.82) is 0 Å². The lowest BCUT2D eigenvalue weighted by Gasteiger charge is -2.38. The van der Waals surface area contributed by atoms with Crippen molar-refractivity contribution in [2.45, 2.75) is 66.8 Å². The van der Waals surface area contributed by atoms with Gasteiger partial charge in [-0.15, -0.1) is 0 Å². The highest BCUT2D eigenvalue weighted by Crippen LogP contribution is 2.21. The van der Waals surface area contributed by atoms with Gasteiger partial charge in [0.05, 0.1) is 12.5 Å². The van der Waals surface area contributed by atoms with Gasteiger partial charge in [0, 0.05) is 26.2 Å². The van der Waals surface area contributed by atoms with Crippen LogP contribution in [-0.2, 0) is 11.3 Å². The largest absolute Gasteiger partial charge is 0.494 e. The summed E-state index contributed by atoms with van der Waals surface area (Å²) in [5.74, 6) is 2.09. The highest BCUT2D eigenvalue weighted by atomic mass is 16.5. The zero-order valence-electron chi connectivity index (χ0n) is 18.6. The van der Waals surface area contributed by atoms with Crippen molar-refractivity contribution in [1.82, 2.24) is 10.2 Å². The highest BCUT2D eigenvalue weighted by Gasteiger charge is 2.32. The van der Waals surface area contributed by atoms with E-state index in [-0.39, 0.29) is 17.2 Å². The predicted molar refractivity (Wildman–Crippen MR) is 116 cm³/mol. The average Bonchev–Trinajstić information content (AvgIpc) is 2.59. The van der Waals surface area contributed by atoms with E-state index in [0.29, 0.717) is 0 Å². The molecular weight excluding hydrogens is 348 g/mol. The Bertz CT molecular complexity index is 584. The van der Waals surface area contributed by atoms with Crippen molar-refractivity contribution in [2.75, 3.05) is 26.2 Å². The number of unbranched alkanes of at least 4 members (excludes halogenated alkanes) is 2. The maximum atomic E-state index is 12.2. The van der Waals surface area contributed by atoms with Crippen molar-refractivity contribution in [2.24, 2.45) is 17.3 Å². The van der Waals surface area contributed by atoms with E-state index < -0.39 is 0 Å². The molecule has 1 fully saturated rings. The molecule has 0 saturated carbocycles. The summed E-state index contributed by atoms with van der Waals surface area (Å²) in [4.78, 5) is 14.5. The summed E-state index contributed by atoms with van der Waals surface area (Å²) < 4.78 is 5.85. The smallest absolute Gasteiger partial charge is 0.225 e. The molecular formula is C24H40N2O2. The summed E-state index contributed by atoms with van der Waals surface area (Å²) in [5, 5.41) is 3.07. The third-order valence-electron chi connectivity index (χ3n) is 5.14. The fourth-order valence-electron chi connectivity index (χ4n) is 3.33. The van der Waals surface area contributed by atoms with Crippen LogP contribution in [0.1, 0.15) is 65.9 Å². The Kier molecular flexibility index (Phi) is 8.81. The third-order valence-corrected chi connectivity index (χ3v) is 5.14. The van der Waals surface area contributed by atoms with Crippen LogP contribution in [0.5, 0.6) is 5.75 Å². The number of rotatable bonds is 11. The SMILES string of the molecule is CC(C)CCCCCOc1ccc(CN2CC(C(=O)NCC(C)(C)C)C2)cc1. The Balaban J connectivity index is 1.60. The topological polar surface area (TPSA) is 41.6 Å². The number of carbonyl (C=O) groups is 1. The maximum Gasteiger partial charge on any atom is 0.225 e. The molecule has 0 aromatic heterocycles. The molecule has 0 radical (unpaired) electrons. The Hall–Kier alpha value is -1.55. The molecule has 1 aliphatic heterocycles. The Labute approximate surface area is 172 Å². The van der Waals surface area contributed by atoms with Gasteiger partial charge in [-0.25, -0.2) is 0 Å². The molecule has 0 spiro atoms. The van der Waals surface area contributed by atoms with Gasteiger partial charge in [0.2, 0.25) is 5.91 Å². The van der Waals surface area contributed by atoms with Crippen LogP contribution in [0.3, 0.4) is 0 Å². The summed E-state index contributed by atoms with van der Waals surface area (Å²) in [5.41, 5.74) is 1.41. The van der Waals surface area contributed by atoms with Gasteiger partial charge < -0.3 is 10.1 Å². The second-order valence-electron chi connectivity index (χ2n) is 9.91. The number of nitrogens with zero attached hydrogens (tertiary/aromatic N) is 1. The van der Waals surface area contributed by atoms with Gasteiger partial charge in [-0.2, -0.15) is 0 Å². The first-order chi connectivity index (χ1) is 13.2. The number of hydrogen-bond acceptors (Lipinski definition) is 3. The summed E-state index contributed by atoms with van der Waals surface area (Å²) >= 11 is 0. The Morgan fingerprint density at radius 3 is 2.43 bits per heavy atom. The standard InChI is InChI=1S/C24H40N2O2/c1-19(2)9-7-6-8-14-28-22-12-10-20(11-13-22)15-26-16-21(17-26)23(27)25-18-24(3,4)5/h10-13,19,21H,6-9,14-18H2,1-5H3,(H,25,27). The zero-order chi connectivity index (χ0) is 20.6. The molecule has 1 aromatic rings. The van der Waals surface area contributed by atoms with Crippen molar-refractivity contribution >= 4 is 5.91 Å². The highest BCUT2D eigenvalue weighted by molar-refractivity contribution is 5.80. The minimum Gasteiger partial charge on any atom is -0.494 e. The van der Waals surface area contributed by atoms with Crippen molar-refractivity contribution in [3.63, 3.8) is 0 Å². The fourth-order valence-corrected chi connectivity index (χ4v) is 3.33. The molecule has 4 nitrogen and oxygen atoms in total. The van der Waals surface area contributed by atoms with Gasteiger partial charge in [0.25, 0.3) is 0 Å². The van der Waals surface area contributed by atoms with E-state index in [1.807, 2.05) is 0 Å². The molecule has 1 N–H and O–H groups in total. The quantitative estimate of drug-likeness (QED) is 0.550. The first kappa shape index (κ1) is 22.7. The third kappa shape index (κ3) is 8.64. The first-order valence-electron chi connectivity index (χ1n) is 10.9. The minimum atomic E-state index is 0.136. The monoisotopic (exact) mass is 388 g/mol. The Morgan fingerprint density at radius 1 is 1.14 bits per heavy atom. The number of carbonyl (C=O) groups excluding carboxylic acids is 1. The molecule has 1 heterocycles. The van der Waals surface area contributed by atoms with E-state index in [2.05, 4.69) is 69.1 Å². The Morgan fingerprint density at radius 2 is 1.82 bits per heavy atom. The second-order valence-corrected chi connectivity index (χ2v) is 9.91. The number of likely N-dealkylation sites (tertiary alicyclic amines) is 1. The normalized spacial score (nSPS) is 15.5. The van der Waals surface area contributed by atoms with Crippen LogP contribution in [-0.4, -0.2) is 37.0 Å². The lowest BCUT2D eigenvalue weighted by atomic mass is 9.94. The molecule has 0 bridgehead atoms. The molecule has 0 aliphatic carbocycles. The van der Waals surface area contributed by atoms with Crippen LogP contribution in [0.2, 0.25) is 0 Å². The molecule has 0 unspecified atom stereocenters. The van der Waals surface area contributed by atoms with Gasteiger partial charge in [-0.3, -0.25) is 9.69 Å². The number of benzene rings is 1. The summed E-state index contributed by atoms with van der Waals surface area (Å²) in [7, 11) is 0. The lowest BCUT2D eigenvalue weighted by Crippen LogP contribution is -2.53. The molecule has 0 atom stereocenters. The van der Waals surface area contributed by atoms with Crippen LogP contribution in [0.4, 0.5) is 0 Å². The number of amides is 1. The fraction of sp³-hybridized carbons (Fsp3) is 0.708. The molecule has 1 aliphatic rings. The van der Waals surface area contributed by atoms with E-state index in [0.717, 1.165) is 50.9 Å². The first-order valence-corrected chi connectivity index (χ1v) is 10.9. The van der Waals surface area contributed by atoms with E-state index in [1.54, 1.807) is 0 Å². The van der Waals surface area contributed by atoms with E-state index >= 15 is 0 Å². The predicted octanol–water partition coefficient (Wildman–Crippen LogP) is 4.88. The zero-order valence-corrected chi connectivity index (χ0v) is 18.6. The molecule has 1 saturated heterocycles. The second kappa shape index (κ2) is 10.8. The van der Waals surface area contributed by atoms with Gasteiger partial charge >= 0.3 is 0 Å². The van der Waals surface area contributed by atoms with Gasteiger partial charge in [-0.05, 0) is 35.4 Å². The number of ether oxygens (including phenoxy) is 1. The van der Waals surface area contributed by atoms with Gasteiger partial charge in [0.1, 0.15) is 5.75 Å². The average molecular weight is 389 g/mol. The van der Waals surface area contributed by atoms with Crippen LogP contribution in [0.25, 0.3) is 0 Å². The molecule has 2 rings (SSSR count). The number of hydrogen-bond donors (Lipinski definition) is 1. The van der Waals surface area contributed by atoms with Crippen LogP contribution < -0.4 is 10.1 Å². The van der Waals surface area contributed by atoms with Crippen molar-refractivity contribution in [3.05, 3.63) is 29.8 Å². The van der Waals surface area contributed by atoms with Gasteiger partial charge in [0.15, 0.2) is 0 Å². The molecule has 4 heteroatoms. The summed E-state index contributed by atoms with van der Waals surface area (Å²) in [6.07, 6.45) is 4.98. The van der Waals surface area contributed by atoms with Crippen LogP contribution >= 0.6 is 0 Å². The maximum absolute atomic E-state index is 12.2. The van der Waals surface area contributed by atoms with Crippen molar-refractivity contribution in [3.8, 4) is 5.75 Å².